The average molecular weight is 426 g/mol. The van der Waals surface area contributed by atoms with Crippen molar-refractivity contribution in [1.82, 2.24) is 9.97 Å². The lowest BCUT2D eigenvalue weighted by molar-refractivity contribution is 0.102. The monoisotopic (exact) mass is 426 g/mol. The predicted octanol–water partition coefficient (Wildman–Crippen LogP) is 3.66. The van der Waals surface area contributed by atoms with Gasteiger partial charge in [-0.3, -0.25) is 9.52 Å². The Balaban J connectivity index is 1.71. The fraction of sp³-hybridized carbons (Fsp3) is 0.190. The molecule has 2 N–H and O–H groups in total. The van der Waals surface area contributed by atoms with E-state index in [1.807, 2.05) is 12.1 Å². The van der Waals surface area contributed by atoms with Gasteiger partial charge in [0, 0.05) is 23.6 Å². The van der Waals surface area contributed by atoms with Crippen molar-refractivity contribution in [3.8, 4) is 5.88 Å². The van der Waals surface area contributed by atoms with Crippen molar-refractivity contribution in [3.05, 3.63) is 72.1 Å². The Morgan fingerprint density at radius 1 is 0.967 bits per heavy atom. The third kappa shape index (κ3) is 4.93. The van der Waals surface area contributed by atoms with Crippen LogP contribution in [0.15, 0.2) is 65.8 Å². The number of hydrogen-bond donors (Lipinski definition) is 2. The van der Waals surface area contributed by atoms with Crippen LogP contribution in [0.4, 0.5) is 11.5 Å². The van der Waals surface area contributed by atoms with Gasteiger partial charge in [-0.05, 0) is 47.9 Å². The zero-order valence-electron chi connectivity index (χ0n) is 16.8. The molecule has 8 nitrogen and oxygen atoms in total. The van der Waals surface area contributed by atoms with E-state index in [1.165, 1.54) is 43.8 Å². The summed E-state index contributed by atoms with van der Waals surface area (Å²) in [5.41, 5.74) is 2.14. The Bertz CT molecular complexity index is 1130. The van der Waals surface area contributed by atoms with Gasteiger partial charge in [0.25, 0.3) is 21.8 Å². The Hall–Kier alpha value is -3.46. The fourth-order valence-corrected chi connectivity index (χ4v) is 3.68. The number of ether oxygens (including phenoxy) is 1. The molecule has 0 atom stereocenters. The molecule has 0 radical (unpaired) electrons. The number of sulfonamides is 1. The second-order valence-corrected chi connectivity index (χ2v) is 8.46. The molecule has 1 aromatic heterocycles. The first kappa shape index (κ1) is 21.3. The fourth-order valence-electron chi connectivity index (χ4n) is 2.67. The van der Waals surface area contributed by atoms with Gasteiger partial charge < -0.3 is 10.1 Å². The first-order valence-corrected chi connectivity index (χ1v) is 10.7. The lowest BCUT2D eigenvalue weighted by Gasteiger charge is -2.11. The molecule has 1 amide bonds. The molecule has 9 heteroatoms. The molecule has 3 aromatic rings. The molecule has 1 heterocycles. The molecule has 3 rings (SSSR count). The number of carbonyl (C=O) groups is 1. The van der Waals surface area contributed by atoms with Gasteiger partial charge >= 0.3 is 0 Å². The number of anilines is 2. The minimum Gasteiger partial charge on any atom is -0.478 e. The van der Waals surface area contributed by atoms with Crippen LogP contribution in [0.3, 0.4) is 0 Å². The normalized spacial score (nSPS) is 11.2. The molecule has 2 aromatic carbocycles. The number of amides is 1. The zero-order valence-corrected chi connectivity index (χ0v) is 17.6. The smallest absolute Gasteiger partial charge is 0.263 e. The van der Waals surface area contributed by atoms with Gasteiger partial charge in [0.05, 0.1) is 12.0 Å². The topological polar surface area (TPSA) is 110 Å². The van der Waals surface area contributed by atoms with Crippen molar-refractivity contribution in [3.63, 3.8) is 0 Å². The third-order valence-corrected chi connectivity index (χ3v) is 5.71. The van der Waals surface area contributed by atoms with Crippen LogP contribution >= 0.6 is 0 Å². The number of hydrogen-bond acceptors (Lipinski definition) is 6. The van der Waals surface area contributed by atoms with E-state index in [0.717, 1.165) is 5.56 Å². The first-order chi connectivity index (χ1) is 14.3. The molecule has 0 fully saturated rings. The Kier molecular flexibility index (Phi) is 6.31. The lowest BCUT2D eigenvalue weighted by atomic mass is 10.0. The van der Waals surface area contributed by atoms with Crippen molar-refractivity contribution in [2.45, 2.75) is 24.7 Å². The lowest BCUT2D eigenvalue weighted by Crippen LogP contribution is -2.15. The summed E-state index contributed by atoms with van der Waals surface area (Å²) in [5, 5.41) is 2.76. The third-order valence-electron chi connectivity index (χ3n) is 4.35. The van der Waals surface area contributed by atoms with Gasteiger partial charge in [0.1, 0.15) is 0 Å². The van der Waals surface area contributed by atoms with Gasteiger partial charge in [-0.1, -0.05) is 26.0 Å². The van der Waals surface area contributed by atoms with Crippen LogP contribution in [0.5, 0.6) is 5.88 Å². The minimum absolute atomic E-state index is 0.00879. The second-order valence-electron chi connectivity index (χ2n) is 6.77. The molecule has 0 saturated heterocycles. The van der Waals surface area contributed by atoms with E-state index in [9.17, 15) is 13.2 Å². The number of nitrogens with one attached hydrogen (secondary N) is 2. The first-order valence-electron chi connectivity index (χ1n) is 9.19. The Morgan fingerprint density at radius 2 is 1.60 bits per heavy atom. The number of carbonyl (C=O) groups excluding carboxylic acids is 1. The van der Waals surface area contributed by atoms with Crippen LogP contribution in [-0.2, 0) is 10.0 Å². The van der Waals surface area contributed by atoms with Gasteiger partial charge in [0.2, 0.25) is 5.82 Å². The maximum absolute atomic E-state index is 12.6. The zero-order chi connectivity index (χ0) is 21.7. The largest absolute Gasteiger partial charge is 0.478 e. The van der Waals surface area contributed by atoms with Crippen molar-refractivity contribution in [2.75, 3.05) is 17.1 Å². The maximum Gasteiger partial charge on any atom is 0.263 e. The molecule has 0 aliphatic heterocycles. The SMILES string of the molecule is COc1nccnc1NS(=O)(=O)c1ccc(NC(=O)c2ccc(C(C)C)cc2)cc1. The predicted molar refractivity (Wildman–Crippen MR) is 114 cm³/mol. The van der Waals surface area contributed by atoms with Crippen molar-refractivity contribution >= 4 is 27.4 Å². The maximum atomic E-state index is 12.6. The van der Waals surface area contributed by atoms with E-state index >= 15 is 0 Å². The molecule has 0 aliphatic rings. The van der Waals surface area contributed by atoms with E-state index in [-0.39, 0.29) is 22.5 Å². The van der Waals surface area contributed by atoms with Crippen molar-refractivity contribution < 1.29 is 17.9 Å². The molecule has 0 saturated carbocycles. The summed E-state index contributed by atoms with van der Waals surface area (Å²) in [6.07, 6.45) is 2.75. The standard InChI is InChI=1S/C21H22N4O4S/c1-14(2)15-4-6-16(7-5-15)20(26)24-17-8-10-18(11-9-17)30(27,28)25-19-21(29-3)23-13-12-22-19/h4-14H,1-3H3,(H,22,25)(H,24,26). The summed E-state index contributed by atoms with van der Waals surface area (Å²) < 4.78 is 32.5. The Labute approximate surface area is 175 Å². The summed E-state index contributed by atoms with van der Waals surface area (Å²) in [6, 6.07) is 13.2. The number of benzene rings is 2. The summed E-state index contributed by atoms with van der Waals surface area (Å²) in [5.74, 6) is 0.158. The van der Waals surface area contributed by atoms with E-state index in [2.05, 4.69) is 33.9 Å². The number of nitrogens with zero attached hydrogens (tertiary/aromatic N) is 2. The van der Waals surface area contributed by atoms with Gasteiger partial charge in [0.15, 0.2) is 0 Å². The van der Waals surface area contributed by atoms with Crippen LogP contribution in [-0.4, -0.2) is 31.4 Å². The highest BCUT2D eigenvalue weighted by molar-refractivity contribution is 7.92. The molecular formula is C21H22N4O4S. The van der Waals surface area contributed by atoms with Gasteiger partial charge in [-0.15, -0.1) is 0 Å². The van der Waals surface area contributed by atoms with Crippen LogP contribution in [0.1, 0.15) is 35.7 Å². The number of methoxy groups -OCH3 is 1. The van der Waals surface area contributed by atoms with E-state index in [0.29, 0.717) is 17.2 Å². The number of rotatable bonds is 7. The summed E-state index contributed by atoms with van der Waals surface area (Å²) in [6.45, 7) is 4.17. The van der Waals surface area contributed by atoms with Crippen LogP contribution in [0.25, 0.3) is 0 Å². The molecule has 0 aliphatic carbocycles. The summed E-state index contributed by atoms with van der Waals surface area (Å²) >= 11 is 0. The van der Waals surface area contributed by atoms with Crippen LogP contribution in [0.2, 0.25) is 0 Å². The van der Waals surface area contributed by atoms with E-state index in [4.69, 9.17) is 4.74 Å². The molecule has 0 unspecified atom stereocenters. The molecule has 156 valence electrons. The van der Waals surface area contributed by atoms with Crippen molar-refractivity contribution in [2.24, 2.45) is 0 Å². The molecule has 30 heavy (non-hydrogen) atoms. The minimum atomic E-state index is -3.90. The van der Waals surface area contributed by atoms with Gasteiger partial charge in [-0.2, -0.15) is 0 Å². The van der Waals surface area contributed by atoms with Crippen LogP contribution < -0.4 is 14.8 Å². The van der Waals surface area contributed by atoms with E-state index in [1.54, 1.807) is 12.1 Å². The summed E-state index contributed by atoms with van der Waals surface area (Å²) in [4.78, 5) is 20.3. The molecule has 0 bridgehead atoms. The van der Waals surface area contributed by atoms with Crippen LogP contribution in [0, 0.1) is 0 Å². The molecular weight excluding hydrogens is 404 g/mol. The van der Waals surface area contributed by atoms with E-state index < -0.39 is 10.0 Å². The number of aromatic nitrogens is 2. The second kappa shape index (κ2) is 8.91. The van der Waals surface area contributed by atoms with Gasteiger partial charge in [-0.25, -0.2) is 18.4 Å². The quantitative estimate of drug-likeness (QED) is 0.597. The molecule has 0 spiro atoms. The Morgan fingerprint density at radius 3 is 2.20 bits per heavy atom. The highest BCUT2D eigenvalue weighted by Crippen LogP contribution is 2.22. The average Bonchev–Trinajstić information content (AvgIpc) is 2.74. The summed E-state index contributed by atoms with van der Waals surface area (Å²) in [7, 11) is -2.53. The highest BCUT2D eigenvalue weighted by atomic mass is 32.2. The van der Waals surface area contributed by atoms with Crippen molar-refractivity contribution in [1.29, 1.82) is 0 Å². The highest BCUT2D eigenvalue weighted by Gasteiger charge is 2.18.